The van der Waals surface area contributed by atoms with Crippen LogP contribution >= 0.6 is 24.8 Å². The molecule has 0 radical (unpaired) electrons. The standard InChI is InChI=1S/C18H27N7O.2ClH/c1-23-10-9-20-18(23)15-12-19-8-11-24(15)13-17(26)22-16-6-7-21-25(16)14-4-2-3-5-14;;/h6-7,9-10,14-15,19H,2-5,8,11-13H2,1H3,(H,22,26);2*1H. The van der Waals surface area contributed by atoms with E-state index in [4.69, 9.17) is 0 Å². The molecule has 1 aliphatic heterocycles. The lowest BCUT2D eigenvalue weighted by Gasteiger charge is -2.35. The predicted molar refractivity (Wildman–Crippen MR) is 113 cm³/mol. The van der Waals surface area contributed by atoms with Crippen LogP contribution in [0.25, 0.3) is 0 Å². The minimum atomic E-state index is 0. The molecule has 2 aliphatic rings. The van der Waals surface area contributed by atoms with E-state index in [1.54, 1.807) is 6.20 Å². The van der Waals surface area contributed by atoms with Crippen molar-refractivity contribution in [3.05, 3.63) is 30.5 Å². The Bertz CT molecular complexity index is 757. The average molecular weight is 430 g/mol. The highest BCUT2D eigenvalue weighted by molar-refractivity contribution is 5.91. The number of imidazole rings is 1. The van der Waals surface area contributed by atoms with Gasteiger partial charge in [-0.25, -0.2) is 9.67 Å². The van der Waals surface area contributed by atoms with E-state index >= 15 is 0 Å². The maximum absolute atomic E-state index is 12.7. The molecule has 0 spiro atoms. The Labute approximate surface area is 177 Å². The van der Waals surface area contributed by atoms with Gasteiger partial charge in [0.2, 0.25) is 5.91 Å². The molecule has 1 atom stereocenters. The van der Waals surface area contributed by atoms with Crippen LogP contribution < -0.4 is 10.6 Å². The van der Waals surface area contributed by atoms with Gasteiger partial charge in [0.05, 0.1) is 24.8 Å². The predicted octanol–water partition coefficient (Wildman–Crippen LogP) is 2.16. The number of amides is 1. The summed E-state index contributed by atoms with van der Waals surface area (Å²) in [6.07, 6.45) is 10.3. The second-order valence-electron chi connectivity index (χ2n) is 7.23. The smallest absolute Gasteiger partial charge is 0.239 e. The average Bonchev–Trinajstić information content (AvgIpc) is 3.37. The number of nitrogens with zero attached hydrogens (tertiary/aromatic N) is 5. The van der Waals surface area contributed by atoms with Crippen LogP contribution in [0.3, 0.4) is 0 Å². The Morgan fingerprint density at radius 2 is 2.07 bits per heavy atom. The molecule has 28 heavy (non-hydrogen) atoms. The van der Waals surface area contributed by atoms with Crippen LogP contribution in [0, 0.1) is 0 Å². The third-order valence-electron chi connectivity index (χ3n) is 5.47. The number of anilines is 1. The highest BCUT2D eigenvalue weighted by atomic mass is 35.5. The third-order valence-corrected chi connectivity index (χ3v) is 5.47. The van der Waals surface area contributed by atoms with Crippen molar-refractivity contribution in [2.45, 2.75) is 37.8 Å². The molecule has 2 aromatic heterocycles. The summed E-state index contributed by atoms with van der Waals surface area (Å²) in [7, 11) is 2.00. The van der Waals surface area contributed by atoms with Crippen molar-refractivity contribution in [2.24, 2.45) is 7.05 Å². The summed E-state index contributed by atoms with van der Waals surface area (Å²) in [6, 6.07) is 2.42. The van der Waals surface area contributed by atoms with Crippen molar-refractivity contribution in [3.8, 4) is 0 Å². The summed E-state index contributed by atoms with van der Waals surface area (Å²) in [5.41, 5.74) is 0. The summed E-state index contributed by atoms with van der Waals surface area (Å²) in [5.74, 6) is 1.80. The summed E-state index contributed by atoms with van der Waals surface area (Å²) in [5, 5.41) is 10.9. The highest BCUT2D eigenvalue weighted by Crippen LogP contribution is 2.31. The van der Waals surface area contributed by atoms with Crippen molar-refractivity contribution in [1.82, 2.24) is 29.5 Å². The summed E-state index contributed by atoms with van der Waals surface area (Å²) < 4.78 is 4.01. The van der Waals surface area contributed by atoms with Crippen molar-refractivity contribution < 1.29 is 4.79 Å². The lowest BCUT2D eigenvalue weighted by atomic mass is 10.1. The molecule has 10 heteroatoms. The highest BCUT2D eigenvalue weighted by Gasteiger charge is 2.28. The van der Waals surface area contributed by atoms with E-state index in [1.165, 1.54) is 12.8 Å². The topological polar surface area (TPSA) is 80.0 Å². The summed E-state index contributed by atoms with van der Waals surface area (Å²) in [4.78, 5) is 19.4. The number of carbonyl (C=O) groups excluding carboxylic acids is 1. The molecule has 2 aromatic rings. The number of aryl methyl sites for hydroxylation is 1. The normalized spacial score (nSPS) is 20.4. The number of carbonyl (C=O) groups is 1. The van der Waals surface area contributed by atoms with Crippen LogP contribution in [-0.4, -0.2) is 56.3 Å². The van der Waals surface area contributed by atoms with Gasteiger partial charge >= 0.3 is 0 Å². The Morgan fingerprint density at radius 1 is 1.29 bits per heavy atom. The van der Waals surface area contributed by atoms with Crippen LogP contribution in [0.15, 0.2) is 24.7 Å². The van der Waals surface area contributed by atoms with Gasteiger partial charge in [-0.1, -0.05) is 12.8 Å². The molecule has 2 N–H and O–H groups in total. The molecule has 1 saturated heterocycles. The van der Waals surface area contributed by atoms with E-state index in [2.05, 4.69) is 25.6 Å². The number of hydrogen-bond acceptors (Lipinski definition) is 5. The summed E-state index contributed by atoms with van der Waals surface area (Å²) >= 11 is 0. The zero-order valence-corrected chi connectivity index (χ0v) is 17.7. The van der Waals surface area contributed by atoms with Crippen LogP contribution in [0.4, 0.5) is 5.82 Å². The van der Waals surface area contributed by atoms with Crippen molar-refractivity contribution in [3.63, 3.8) is 0 Å². The number of hydrogen-bond donors (Lipinski definition) is 2. The SMILES string of the molecule is Cl.Cl.Cn1ccnc1C1CNCCN1CC(=O)Nc1ccnn1C1CCCC1. The van der Waals surface area contributed by atoms with Crippen molar-refractivity contribution in [1.29, 1.82) is 0 Å². The van der Waals surface area contributed by atoms with Crippen LogP contribution in [0.5, 0.6) is 0 Å². The molecule has 4 rings (SSSR count). The number of nitrogens with one attached hydrogen (secondary N) is 2. The van der Waals surface area contributed by atoms with Gasteiger partial charge in [-0.15, -0.1) is 24.8 Å². The molecule has 0 aromatic carbocycles. The zero-order valence-electron chi connectivity index (χ0n) is 16.1. The fourth-order valence-corrected chi connectivity index (χ4v) is 4.11. The molecular formula is C18H29Cl2N7O. The van der Waals surface area contributed by atoms with Crippen molar-refractivity contribution >= 4 is 36.5 Å². The Kier molecular flexibility index (Phi) is 8.30. The van der Waals surface area contributed by atoms with E-state index in [0.29, 0.717) is 12.6 Å². The summed E-state index contributed by atoms with van der Waals surface area (Å²) in [6.45, 7) is 2.87. The minimum absolute atomic E-state index is 0. The van der Waals surface area contributed by atoms with E-state index in [9.17, 15) is 4.79 Å². The maximum Gasteiger partial charge on any atom is 0.239 e. The molecule has 1 amide bonds. The lowest BCUT2D eigenvalue weighted by Crippen LogP contribution is -2.49. The first-order chi connectivity index (χ1) is 12.7. The first kappa shape index (κ1) is 22.7. The molecule has 3 heterocycles. The number of piperazine rings is 1. The van der Waals surface area contributed by atoms with Crippen LogP contribution in [0.2, 0.25) is 0 Å². The Hall–Kier alpha value is -1.61. The number of aromatic nitrogens is 4. The van der Waals surface area contributed by atoms with E-state index in [-0.39, 0.29) is 36.8 Å². The Morgan fingerprint density at radius 3 is 2.79 bits per heavy atom. The molecular weight excluding hydrogens is 401 g/mol. The molecule has 1 aliphatic carbocycles. The largest absolute Gasteiger partial charge is 0.337 e. The van der Waals surface area contributed by atoms with Gasteiger partial charge in [0, 0.05) is 45.1 Å². The van der Waals surface area contributed by atoms with Gasteiger partial charge in [-0.2, -0.15) is 5.10 Å². The fraction of sp³-hybridized carbons (Fsp3) is 0.611. The van der Waals surface area contributed by atoms with Gasteiger partial charge in [-0.05, 0) is 12.8 Å². The van der Waals surface area contributed by atoms with Crippen LogP contribution in [0.1, 0.15) is 43.6 Å². The van der Waals surface area contributed by atoms with Gasteiger partial charge in [0.1, 0.15) is 11.6 Å². The van der Waals surface area contributed by atoms with Gasteiger partial charge in [0.25, 0.3) is 0 Å². The van der Waals surface area contributed by atoms with Crippen LogP contribution in [-0.2, 0) is 11.8 Å². The molecule has 2 fully saturated rings. The first-order valence-corrected chi connectivity index (χ1v) is 9.48. The van der Waals surface area contributed by atoms with Gasteiger partial charge in [-0.3, -0.25) is 9.69 Å². The zero-order chi connectivity index (χ0) is 17.9. The third kappa shape index (κ3) is 4.86. The molecule has 1 unspecified atom stereocenters. The first-order valence-electron chi connectivity index (χ1n) is 9.48. The molecule has 8 nitrogen and oxygen atoms in total. The monoisotopic (exact) mass is 429 g/mol. The second-order valence-corrected chi connectivity index (χ2v) is 7.23. The molecule has 1 saturated carbocycles. The van der Waals surface area contributed by atoms with Gasteiger partial charge in [0.15, 0.2) is 0 Å². The maximum atomic E-state index is 12.7. The van der Waals surface area contributed by atoms with Crippen molar-refractivity contribution in [2.75, 3.05) is 31.5 Å². The lowest BCUT2D eigenvalue weighted by molar-refractivity contribution is -0.118. The van der Waals surface area contributed by atoms with E-state index in [0.717, 1.165) is 44.1 Å². The number of rotatable bonds is 5. The number of halogens is 2. The van der Waals surface area contributed by atoms with Gasteiger partial charge < -0.3 is 15.2 Å². The van der Waals surface area contributed by atoms with E-state index in [1.807, 2.05) is 34.8 Å². The fourth-order valence-electron chi connectivity index (χ4n) is 4.11. The Balaban J connectivity index is 0.00000140. The quantitative estimate of drug-likeness (QED) is 0.760. The second kappa shape index (κ2) is 10.2. The molecule has 0 bridgehead atoms. The molecule has 156 valence electrons. The van der Waals surface area contributed by atoms with E-state index < -0.39 is 0 Å². The minimum Gasteiger partial charge on any atom is -0.337 e.